The van der Waals surface area contributed by atoms with Gasteiger partial charge in [0.1, 0.15) is 0 Å². The number of halogens is 1. The smallest absolute Gasteiger partial charge is 0.0702 e. The minimum absolute atomic E-state index is 0.371. The molecule has 118 valence electrons. The molecule has 1 fully saturated rings. The van der Waals surface area contributed by atoms with Gasteiger partial charge in [0.2, 0.25) is 0 Å². The van der Waals surface area contributed by atoms with Crippen molar-refractivity contribution in [2.24, 2.45) is 0 Å². The summed E-state index contributed by atoms with van der Waals surface area (Å²) in [6, 6.07) is 11.7. The Morgan fingerprint density at radius 2 is 2.00 bits per heavy atom. The van der Waals surface area contributed by atoms with E-state index in [9.17, 15) is 0 Å². The van der Waals surface area contributed by atoms with Crippen molar-refractivity contribution >= 4 is 27.3 Å². The molecule has 1 N–H and O–H groups in total. The number of hydrogen-bond acceptors (Lipinski definition) is 3. The lowest BCUT2D eigenvalue weighted by Gasteiger charge is -2.31. The topological polar surface area (TPSA) is 15.3 Å². The highest BCUT2D eigenvalue weighted by Gasteiger charge is 2.25. The highest BCUT2D eigenvalue weighted by Crippen LogP contribution is 2.37. The zero-order valence-electron chi connectivity index (χ0n) is 13.2. The third kappa shape index (κ3) is 3.62. The molecule has 1 aliphatic heterocycles. The summed E-state index contributed by atoms with van der Waals surface area (Å²) >= 11 is 5.49. The molecular formula is C18H23BrN2S. The maximum atomic E-state index is 3.63. The van der Waals surface area contributed by atoms with Gasteiger partial charge in [0.15, 0.2) is 0 Å². The van der Waals surface area contributed by atoms with Gasteiger partial charge in [0.25, 0.3) is 0 Å². The molecule has 0 bridgehead atoms. The molecular weight excluding hydrogens is 356 g/mol. The second-order valence-corrected chi connectivity index (χ2v) is 8.54. The SMILES string of the molecule is Cc1ccc(C)c(C(c2ccc(Br)s2)N2CCCNCC2)c1. The Bertz CT molecular complexity index is 630. The number of thiophene rings is 1. The highest BCUT2D eigenvalue weighted by atomic mass is 79.9. The van der Waals surface area contributed by atoms with Crippen molar-refractivity contribution in [2.45, 2.75) is 26.3 Å². The van der Waals surface area contributed by atoms with Crippen LogP contribution >= 0.6 is 27.3 Å². The number of nitrogens with zero attached hydrogens (tertiary/aromatic N) is 1. The predicted molar refractivity (Wildman–Crippen MR) is 98.8 cm³/mol. The van der Waals surface area contributed by atoms with E-state index in [1.54, 1.807) is 0 Å². The Labute approximate surface area is 145 Å². The average Bonchev–Trinajstić information content (AvgIpc) is 2.75. The summed E-state index contributed by atoms with van der Waals surface area (Å²) in [5, 5.41) is 3.52. The van der Waals surface area contributed by atoms with E-state index in [2.05, 4.69) is 70.3 Å². The van der Waals surface area contributed by atoms with E-state index in [1.807, 2.05) is 11.3 Å². The fourth-order valence-corrected chi connectivity index (χ4v) is 4.76. The molecule has 1 atom stereocenters. The molecule has 4 heteroatoms. The lowest BCUT2D eigenvalue weighted by Crippen LogP contribution is -2.33. The first-order chi connectivity index (χ1) is 10.6. The van der Waals surface area contributed by atoms with Gasteiger partial charge >= 0.3 is 0 Å². The zero-order valence-corrected chi connectivity index (χ0v) is 15.6. The molecule has 1 aromatic heterocycles. The molecule has 0 amide bonds. The van der Waals surface area contributed by atoms with Gasteiger partial charge in [-0.05, 0) is 66.0 Å². The summed E-state index contributed by atoms with van der Waals surface area (Å²) in [5.41, 5.74) is 4.18. The third-order valence-electron chi connectivity index (χ3n) is 4.33. The molecule has 0 aliphatic carbocycles. The van der Waals surface area contributed by atoms with Crippen LogP contribution in [0.15, 0.2) is 34.1 Å². The molecule has 2 aromatic rings. The van der Waals surface area contributed by atoms with Gasteiger partial charge in [-0.1, -0.05) is 23.8 Å². The first-order valence-corrected chi connectivity index (χ1v) is 9.53. The summed E-state index contributed by atoms with van der Waals surface area (Å²) in [4.78, 5) is 4.07. The molecule has 2 heterocycles. The maximum Gasteiger partial charge on any atom is 0.0702 e. The predicted octanol–water partition coefficient (Wildman–Crippen LogP) is 4.51. The second kappa shape index (κ2) is 7.26. The molecule has 3 rings (SSSR count). The molecule has 0 spiro atoms. The van der Waals surface area contributed by atoms with Gasteiger partial charge in [-0.2, -0.15) is 0 Å². The van der Waals surface area contributed by atoms with Gasteiger partial charge in [0.05, 0.1) is 9.83 Å². The Morgan fingerprint density at radius 3 is 2.77 bits per heavy atom. The van der Waals surface area contributed by atoms with E-state index in [-0.39, 0.29) is 0 Å². The number of nitrogens with one attached hydrogen (secondary N) is 1. The van der Waals surface area contributed by atoms with Crippen LogP contribution in [0.3, 0.4) is 0 Å². The van der Waals surface area contributed by atoms with Crippen molar-refractivity contribution in [1.29, 1.82) is 0 Å². The molecule has 0 saturated carbocycles. The van der Waals surface area contributed by atoms with Gasteiger partial charge in [-0.15, -0.1) is 11.3 Å². The molecule has 1 aromatic carbocycles. The quantitative estimate of drug-likeness (QED) is 0.844. The molecule has 0 radical (unpaired) electrons. The number of aryl methyl sites for hydroxylation is 2. The largest absolute Gasteiger partial charge is 0.315 e. The standard InChI is InChI=1S/C18H23BrN2S/c1-13-4-5-14(2)15(12-13)18(16-6-7-17(19)22-16)21-10-3-8-20-9-11-21/h4-7,12,18,20H,3,8-11H2,1-2H3. The van der Waals surface area contributed by atoms with Crippen LogP contribution in [0.1, 0.15) is 34.0 Å². The first-order valence-electron chi connectivity index (χ1n) is 7.92. The maximum absolute atomic E-state index is 3.63. The van der Waals surface area contributed by atoms with Crippen LogP contribution < -0.4 is 5.32 Å². The minimum atomic E-state index is 0.371. The monoisotopic (exact) mass is 378 g/mol. The highest BCUT2D eigenvalue weighted by molar-refractivity contribution is 9.11. The summed E-state index contributed by atoms with van der Waals surface area (Å²) in [5.74, 6) is 0. The van der Waals surface area contributed by atoms with Crippen LogP contribution in [0, 0.1) is 13.8 Å². The third-order valence-corrected chi connectivity index (χ3v) is 6.01. The minimum Gasteiger partial charge on any atom is -0.315 e. The lowest BCUT2D eigenvalue weighted by molar-refractivity contribution is 0.243. The summed E-state index contributed by atoms with van der Waals surface area (Å²) in [7, 11) is 0. The normalized spacial score (nSPS) is 18.1. The molecule has 1 aliphatic rings. The Morgan fingerprint density at radius 1 is 1.14 bits per heavy atom. The first kappa shape index (κ1) is 16.2. The fraction of sp³-hybridized carbons (Fsp3) is 0.444. The van der Waals surface area contributed by atoms with E-state index in [0.717, 1.165) is 26.2 Å². The average molecular weight is 379 g/mol. The van der Waals surface area contributed by atoms with Crippen molar-refractivity contribution in [2.75, 3.05) is 26.2 Å². The van der Waals surface area contributed by atoms with E-state index in [0.29, 0.717) is 6.04 Å². The van der Waals surface area contributed by atoms with Crippen LogP contribution in [-0.2, 0) is 0 Å². The number of rotatable bonds is 3. The van der Waals surface area contributed by atoms with Gasteiger partial charge < -0.3 is 5.32 Å². The van der Waals surface area contributed by atoms with E-state index >= 15 is 0 Å². The molecule has 2 nitrogen and oxygen atoms in total. The Hall–Kier alpha value is -0.680. The van der Waals surface area contributed by atoms with Gasteiger partial charge in [0, 0.05) is 24.5 Å². The van der Waals surface area contributed by atoms with Crippen LogP contribution in [0.25, 0.3) is 0 Å². The van der Waals surface area contributed by atoms with E-state index in [4.69, 9.17) is 0 Å². The Kier molecular flexibility index (Phi) is 5.34. The van der Waals surface area contributed by atoms with Gasteiger partial charge in [-0.3, -0.25) is 4.90 Å². The van der Waals surface area contributed by atoms with Crippen LogP contribution in [0.5, 0.6) is 0 Å². The second-order valence-electron chi connectivity index (χ2n) is 6.04. The number of benzene rings is 1. The van der Waals surface area contributed by atoms with Crippen molar-refractivity contribution in [3.8, 4) is 0 Å². The summed E-state index contributed by atoms with van der Waals surface area (Å²) in [6.45, 7) is 8.89. The summed E-state index contributed by atoms with van der Waals surface area (Å²) < 4.78 is 1.21. The molecule has 1 saturated heterocycles. The van der Waals surface area contributed by atoms with Crippen LogP contribution in [0.2, 0.25) is 0 Å². The lowest BCUT2D eigenvalue weighted by atomic mass is 9.96. The Balaban J connectivity index is 2.03. The van der Waals surface area contributed by atoms with E-state index in [1.165, 1.54) is 31.8 Å². The fourth-order valence-electron chi connectivity index (χ4n) is 3.18. The molecule has 1 unspecified atom stereocenters. The van der Waals surface area contributed by atoms with Crippen LogP contribution in [-0.4, -0.2) is 31.1 Å². The zero-order chi connectivity index (χ0) is 15.5. The van der Waals surface area contributed by atoms with Crippen molar-refractivity contribution in [3.63, 3.8) is 0 Å². The summed E-state index contributed by atoms with van der Waals surface area (Å²) in [6.07, 6.45) is 1.22. The van der Waals surface area contributed by atoms with Gasteiger partial charge in [-0.25, -0.2) is 0 Å². The van der Waals surface area contributed by atoms with Crippen molar-refractivity contribution in [1.82, 2.24) is 10.2 Å². The van der Waals surface area contributed by atoms with Crippen molar-refractivity contribution < 1.29 is 0 Å². The van der Waals surface area contributed by atoms with E-state index < -0.39 is 0 Å². The molecule has 22 heavy (non-hydrogen) atoms. The number of hydrogen-bond donors (Lipinski definition) is 1. The van der Waals surface area contributed by atoms with Crippen LogP contribution in [0.4, 0.5) is 0 Å². The van der Waals surface area contributed by atoms with Crippen molar-refractivity contribution in [3.05, 3.63) is 55.7 Å².